The molecule has 1 fully saturated rings. The summed E-state index contributed by atoms with van der Waals surface area (Å²) in [5, 5.41) is 4.04. The lowest BCUT2D eigenvalue weighted by Gasteiger charge is -2.22. The summed E-state index contributed by atoms with van der Waals surface area (Å²) in [6.07, 6.45) is 0. The van der Waals surface area contributed by atoms with Gasteiger partial charge in [0, 0.05) is 10.6 Å². The minimum atomic E-state index is -1.22. The van der Waals surface area contributed by atoms with Gasteiger partial charge in [0.25, 0.3) is 11.8 Å². The number of amides is 4. The number of nitrogens with zero attached hydrogens (tertiary/aromatic N) is 1. The van der Waals surface area contributed by atoms with Crippen molar-refractivity contribution in [3.63, 3.8) is 0 Å². The molecule has 4 amide bonds. The zero-order chi connectivity index (χ0) is 20.3. The monoisotopic (exact) mass is 401 g/mol. The lowest BCUT2D eigenvalue weighted by atomic mass is 9.92. The molecule has 3 N–H and O–H groups in total. The molecule has 0 bridgehead atoms. The maximum absolute atomic E-state index is 12.8. The van der Waals surface area contributed by atoms with Gasteiger partial charge in [-0.15, -0.1) is 0 Å². The number of rotatable bonds is 6. The van der Waals surface area contributed by atoms with E-state index in [1.54, 1.807) is 37.3 Å². The first kappa shape index (κ1) is 19.9. The molecule has 1 aliphatic rings. The van der Waals surface area contributed by atoms with Gasteiger partial charge in [0.2, 0.25) is 0 Å². The molecule has 2 atom stereocenters. The number of quaternary nitrogens is 1. The van der Waals surface area contributed by atoms with Gasteiger partial charge in [-0.3, -0.25) is 15.0 Å². The van der Waals surface area contributed by atoms with E-state index in [2.05, 4.69) is 10.7 Å². The van der Waals surface area contributed by atoms with E-state index in [0.29, 0.717) is 17.1 Å². The molecule has 0 aromatic heterocycles. The lowest BCUT2D eigenvalue weighted by Crippen LogP contribution is -3.09. The molecule has 0 aliphatic carbocycles. The second-order valence-electron chi connectivity index (χ2n) is 7.04. The van der Waals surface area contributed by atoms with E-state index in [0.717, 1.165) is 15.5 Å². The summed E-state index contributed by atoms with van der Waals surface area (Å²) in [6, 6.07) is 15.7. The zero-order valence-electron chi connectivity index (χ0n) is 15.7. The summed E-state index contributed by atoms with van der Waals surface area (Å²) in [5.74, 6) is -0.954. The fourth-order valence-corrected chi connectivity index (χ4v) is 3.42. The average molecular weight is 402 g/mol. The highest BCUT2D eigenvalue weighted by molar-refractivity contribution is 6.30. The Kier molecular flexibility index (Phi) is 5.67. The van der Waals surface area contributed by atoms with Crippen LogP contribution in [0.5, 0.6) is 0 Å². The van der Waals surface area contributed by atoms with Crippen LogP contribution in [0, 0.1) is 0 Å². The maximum atomic E-state index is 12.8. The summed E-state index contributed by atoms with van der Waals surface area (Å²) in [7, 11) is 1.85. The lowest BCUT2D eigenvalue weighted by molar-refractivity contribution is -0.885. The third kappa shape index (κ3) is 4.16. The van der Waals surface area contributed by atoms with Crippen LogP contribution in [0.15, 0.2) is 54.6 Å². The van der Waals surface area contributed by atoms with Crippen molar-refractivity contribution in [2.24, 2.45) is 0 Å². The van der Waals surface area contributed by atoms with Crippen molar-refractivity contribution in [1.82, 2.24) is 15.8 Å². The number of hydrazine groups is 1. The molecule has 0 saturated carbocycles. The number of carbonyl (C=O) groups is 3. The highest BCUT2D eigenvalue weighted by Gasteiger charge is 2.50. The molecule has 1 aliphatic heterocycles. The summed E-state index contributed by atoms with van der Waals surface area (Å²) in [4.78, 5) is 38.3. The van der Waals surface area contributed by atoms with E-state index < -0.39 is 23.4 Å². The minimum Gasteiger partial charge on any atom is -0.326 e. The number of hydrogen-bond acceptors (Lipinski definition) is 3. The molecule has 8 heteroatoms. The van der Waals surface area contributed by atoms with Crippen LogP contribution in [0.25, 0.3) is 0 Å². The second kappa shape index (κ2) is 8.00. The molecule has 0 spiro atoms. The fraction of sp³-hybridized carbons (Fsp3) is 0.250. The standard InChI is InChI=1S/C20H21ClN4O3/c1-20(15-8-4-3-5-9-15)18(27)25(19(28)22-20)23-17(26)13-24(2)12-14-7-6-10-16(21)11-14/h3-11H,12-13H2,1-2H3,(H,22,28)(H,23,26)/p+1/t20-/m1/s1. The summed E-state index contributed by atoms with van der Waals surface area (Å²) in [5.41, 5.74) is 2.84. The highest BCUT2D eigenvalue weighted by Crippen LogP contribution is 2.27. The Bertz CT molecular complexity index is 905. The Morgan fingerprint density at radius 3 is 2.57 bits per heavy atom. The van der Waals surface area contributed by atoms with Crippen molar-refractivity contribution >= 4 is 29.4 Å². The van der Waals surface area contributed by atoms with Crippen LogP contribution < -0.4 is 15.6 Å². The Balaban J connectivity index is 1.62. The molecule has 28 heavy (non-hydrogen) atoms. The number of nitrogens with one attached hydrogen (secondary N) is 3. The first-order chi connectivity index (χ1) is 13.3. The number of likely N-dealkylation sites (N-methyl/N-ethyl adjacent to an activating group) is 1. The third-order valence-corrected chi connectivity index (χ3v) is 4.87. The quantitative estimate of drug-likeness (QED) is 0.628. The molecule has 2 aromatic carbocycles. The van der Waals surface area contributed by atoms with E-state index in [1.807, 2.05) is 31.3 Å². The Morgan fingerprint density at radius 2 is 1.89 bits per heavy atom. The predicted molar refractivity (Wildman–Crippen MR) is 104 cm³/mol. The highest BCUT2D eigenvalue weighted by atomic mass is 35.5. The Morgan fingerprint density at radius 1 is 1.18 bits per heavy atom. The second-order valence-corrected chi connectivity index (χ2v) is 7.47. The summed E-state index contributed by atoms with van der Waals surface area (Å²) < 4.78 is 0. The van der Waals surface area contributed by atoms with Gasteiger partial charge in [0.1, 0.15) is 12.1 Å². The minimum absolute atomic E-state index is 0.0889. The van der Waals surface area contributed by atoms with Crippen molar-refractivity contribution in [3.8, 4) is 0 Å². The van der Waals surface area contributed by atoms with Gasteiger partial charge in [-0.2, -0.15) is 5.01 Å². The normalized spacial score (nSPS) is 20.0. The van der Waals surface area contributed by atoms with Gasteiger partial charge in [0.05, 0.1) is 7.05 Å². The number of imide groups is 1. The first-order valence-electron chi connectivity index (χ1n) is 8.87. The Labute approximate surface area is 168 Å². The number of benzene rings is 2. The zero-order valence-corrected chi connectivity index (χ0v) is 16.4. The van der Waals surface area contributed by atoms with Crippen molar-refractivity contribution in [2.75, 3.05) is 13.6 Å². The molecule has 7 nitrogen and oxygen atoms in total. The molecule has 2 aromatic rings. The fourth-order valence-electron chi connectivity index (χ4n) is 3.20. The summed E-state index contributed by atoms with van der Waals surface area (Å²) >= 11 is 5.98. The number of urea groups is 1. The molecule has 0 radical (unpaired) electrons. The summed E-state index contributed by atoms with van der Waals surface area (Å²) in [6.45, 7) is 2.28. The van der Waals surface area contributed by atoms with Crippen LogP contribution in [0.3, 0.4) is 0 Å². The third-order valence-electron chi connectivity index (χ3n) is 4.64. The van der Waals surface area contributed by atoms with Crippen molar-refractivity contribution in [2.45, 2.75) is 19.0 Å². The van der Waals surface area contributed by atoms with E-state index in [-0.39, 0.29) is 6.54 Å². The SMILES string of the molecule is C[NH+](CC(=O)NN1C(=O)N[C@](C)(c2ccccc2)C1=O)Cc1cccc(Cl)c1. The van der Waals surface area contributed by atoms with E-state index in [9.17, 15) is 14.4 Å². The van der Waals surface area contributed by atoms with Crippen LogP contribution in [0.4, 0.5) is 4.79 Å². The van der Waals surface area contributed by atoms with Gasteiger partial charge in [-0.05, 0) is 24.6 Å². The van der Waals surface area contributed by atoms with Crippen LogP contribution in [-0.2, 0) is 21.7 Å². The maximum Gasteiger partial charge on any atom is 0.344 e. The van der Waals surface area contributed by atoms with E-state index in [1.165, 1.54) is 0 Å². The smallest absolute Gasteiger partial charge is 0.326 e. The van der Waals surface area contributed by atoms with Crippen molar-refractivity contribution in [1.29, 1.82) is 0 Å². The molecular formula is C20H22ClN4O3+. The van der Waals surface area contributed by atoms with Gasteiger partial charge in [-0.1, -0.05) is 54.1 Å². The predicted octanol–water partition coefficient (Wildman–Crippen LogP) is 0.853. The number of halogens is 1. The molecule has 1 heterocycles. The average Bonchev–Trinajstić information content (AvgIpc) is 2.86. The Hall–Kier alpha value is -2.90. The van der Waals surface area contributed by atoms with Crippen molar-refractivity contribution in [3.05, 3.63) is 70.7 Å². The molecule has 1 saturated heterocycles. The van der Waals surface area contributed by atoms with Gasteiger partial charge < -0.3 is 10.2 Å². The number of carbonyl (C=O) groups excluding carboxylic acids is 3. The molecule has 1 unspecified atom stereocenters. The van der Waals surface area contributed by atoms with Gasteiger partial charge in [-0.25, -0.2) is 4.79 Å². The number of hydrogen-bond donors (Lipinski definition) is 3. The van der Waals surface area contributed by atoms with Gasteiger partial charge >= 0.3 is 6.03 Å². The molecule has 146 valence electrons. The molecule has 3 rings (SSSR count). The van der Waals surface area contributed by atoms with E-state index >= 15 is 0 Å². The topological polar surface area (TPSA) is 82.9 Å². The van der Waals surface area contributed by atoms with Crippen LogP contribution >= 0.6 is 11.6 Å². The van der Waals surface area contributed by atoms with Crippen molar-refractivity contribution < 1.29 is 19.3 Å². The largest absolute Gasteiger partial charge is 0.344 e. The van der Waals surface area contributed by atoms with Crippen LogP contribution in [-0.4, -0.2) is 36.4 Å². The van der Waals surface area contributed by atoms with Gasteiger partial charge in [0.15, 0.2) is 6.54 Å². The first-order valence-corrected chi connectivity index (χ1v) is 9.25. The van der Waals surface area contributed by atoms with Crippen LogP contribution in [0.1, 0.15) is 18.1 Å². The van der Waals surface area contributed by atoms with E-state index in [4.69, 9.17) is 11.6 Å². The van der Waals surface area contributed by atoms with Crippen LogP contribution in [0.2, 0.25) is 5.02 Å². The molecular weight excluding hydrogens is 380 g/mol.